The van der Waals surface area contributed by atoms with Crippen LogP contribution in [-0.4, -0.2) is 75.9 Å². The maximum absolute atomic E-state index is 4.72. The van der Waals surface area contributed by atoms with E-state index in [1.807, 2.05) is 7.05 Å². The van der Waals surface area contributed by atoms with Crippen LogP contribution in [0.3, 0.4) is 0 Å². The molecule has 10 heteroatoms. The molecule has 3 rings (SSSR count). The van der Waals surface area contributed by atoms with Crippen molar-refractivity contribution in [3.8, 4) is 0 Å². The number of fused-ring (bicyclic) bond motifs is 1. The SMILES string of the molecule is CCCN1CCC(NC(=NCCNc2ncnc3c2cnn3C)NCC)CC1.I. The molecule has 29 heavy (non-hydrogen) atoms. The van der Waals surface area contributed by atoms with Gasteiger partial charge in [-0.05, 0) is 32.7 Å². The number of aliphatic imine (C=N–C) groups is 1. The van der Waals surface area contributed by atoms with Crippen LogP contribution in [0.5, 0.6) is 0 Å². The molecule has 3 heterocycles. The second-order valence-corrected chi connectivity index (χ2v) is 7.18. The highest BCUT2D eigenvalue weighted by atomic mass is 127. The van der Waals surface area contributed by atoms with Crippen LogP contribution in [0, 0.1) is 0 Å². The summed E-state index contributed by atoms with van der Waals surface area (Å²) >= 11 is 0. The largest absolute Gasteiger partial charge is 0.367 e. The molecule has 0 unspecified atom stereocenters. The van der Waals surface area contributed by atoms with Gasteiger partial charge in [0.25, 0.3) is 0 Å². The third kappa shape index (κ3) is 6.66. The lowest BCUT2D eigenvalue weighted by Crippen LogP contribution is -2.48. The molecule has 0 spiro atoms. The van der Waals surface area contributed by atoms with Crippen molar-refractivity contribution in [2.24, 2.45) is 12.0 Å². The van der Waals surface area contributed by atoms with Gasteiger partial charge in [0.2, 0.25) is 0 Å². The highest BCUT2D eigenvalue weighted by molar-refractivity contribution is 14.0. The molecule has 0 aromatic carbocycles. The lowest BCUT2D eigenvalue weighted by molar-refractivity contribution is 0.206. The van der Waals surface area contributed by atoms with Crippen LogP contribution in [0.15, 0.2) is 17.5 Å². The highest BCUT2D eigenvalue weighted by Crippen LogP contribution is 2.17. The van der Waals surface area contributed by atoms with Gasteiger partial charge in [-0.3, -0.25) is 9.67 Å². The number of rotatable bonds is 8. The van der Waals surface area contributed by atoms with E-state index in [1.54, 1.807) is 17.2 Å². The van der Waals surface area contributed by atoms with Crippen LogP contribution in [0.25, 0.3) is 11.0 Å². The van der Waals surface area contributed by atoms with E-state index in [2.05, 4.69) is 49.8 Å². The lowest BCUT2D eigenvalue weighted by atomic mass is 10.1. The van der Waals surface area contributed by atoms with Crippen LogP contribution in [0.1, 0.15) is 33.1 Å². The Morgan fingerprint density at radius 1 is 1.24 bits per heavy atom. The van der Waals surface area contributed by atoms with Gasteiger partial charge in [-0.25, -0.2) is 9.97 Å². The summed E-state index contributed by atoms with van der Waals surface area (Å²) in [6, 6.07) is 0.496. The van der Waals surface area contributed by atoms with Gasteiger partial charge in [0, 0.05) is 39.3 Å². The topological polar surface area (TPSA) is 95.3 Å². The number of piperidine rings is 1. The molecule has 9 nitrogen and oxygen atoms in total. The monoisotopic (exact) mass is 515 g/mol. The molecule has 0 amide bonds. The second kappa shape index (κ2) is 12.1. The predicted molar refractivity (Wildman–Crippen MR) is 129 cm³/mol. The van der Waals surface area contributed by atoms with E-state index in [1.165, 1.54) is 38.9 Å². The second-order valence-electron chi connectivity index (χ2n) is 7.18. The Morgan fingerprint density at radius 3 is 2.76 bits per heavy atom. The third-order valence-electron chi connectivity index (χ3n) is 5.02. The van der Waals surface area contributed by atoms with E-state index in [0.717, 1.165) is 29.4 Å². The zero-order chi connectivity index (χ0) is 19.8. The first-order chi connectivity index (χ1) is 13.7. The number of nitrogens with zero attached hydrogens (tertiary/aromatic N) is 6. The summed E-state index contributed by atoms with van der Waals surface area (Å²) < 4.78 is 1.75. The molecule has 0 aliphatic carbocycles. The summed E-state index contributed by atoms with van der Waals surface area (Å²) in [5, 5.41) is 15.5. The first-order valence-electron chi connectivity index (χ1n) is 10.3. The quantitative estimate of drug-likeness (QED) is 0.214. The van der Waals surface area contributed by atoms with Crippen molar-refractivity contribution in [3.63, 3.8) is 0 Å². The van der Waals surface area contributed by atoms with E-state index >= 15 is 0 Å². The molecule has 2 aromatic rings. The predicted octanol–water partition coefficient (Wildman–Crippen LogP) is 1.82. The van der Waals surface area contributed by atoms with Crippen molar-refractivity contribution in [3.05, 3.63) is 12.5 Å². The molecule has 3 N–H and O–H groups in total. The summed E-state index contributed by atoms with van der Waals surface area (Å²) in [6.45, 7) is 10.1. The van der Waals surface area contributed by atoms with E-state index in [9.17, 15) is 0 Å². The summed E-state index contributed by atoms with van der Waals surface area (Å²) in [7, 11) is 1.88. The average molecular weight is 515 g/mol. The number of nitrogens with one attached hydrogen (secondary N) is 3. The van der Waals surface area contributed by atoms with Crippen molar-refractivity contribution in [1.82, 2.24) is 35.3 Å². The first-order valence-corrected chi connectivity index (χ1v) is 10.3. The standard InChI is InChI=1S/C19H33N9.HI/c1-4-10-28-11-6-15(7-12-28)26-19(20-5-2)22-9-8-21-17-16-13-25-27(3)18(16)24-14-23-17;/h13-15H,4-12H2,1-3H3,(H2,20,22,26)(H,21,23,24);1H. The lowest BCUT2D eigenvalue weighted by Gasteiger charge is -2.32. The number of likely N-dealkylation sites (tertiary alicyclic amines) is 1. The van der Waals surface area contributed by atoms with Crippen LogP contribution in [0.4, 0.5) is 5.82 Å². The van der Waals surface area contributed by atoms with Gasteiger partial charge in [-0.2, -0.15) is 5.10 Å². The molecule has 2 aromatic heterocycles. The minimum Gasteiger partial charge on any atom is -0.367 e. The fourth-order valence-electron chi connectivity index (χ4n) is 3.58. The number of aromatic nitrogens is 4. The molecule has 0 saturated carbocycles. The summed E-state index contributed by atoms with van der Waals surface area (Å²) in [6.07, 6.45) is 6.92. The van der Waals surface area contributed by atoms with E-state index in [-0.39, 0.29) is 24.0 Å². The Labute approximate surface area is 190 Å². The molecular weight excluding hydrogens is 481 g/mol. The van der Waals surface area contributed by atoms with Gasteiger partial charge in [0.1, 0.15) is 12.1 Å². The van der Waals surface area contributed by atoms with Gasteiger partial charge in [0.15, 0.2) is 11.6 Å². The number of hydrogen-bond donors (Lipinski definition) is 3. The fraction of sp³-hybridized carbons (Fsp3) is 0.684. The zero-order valence-corrected chi connectivity index (χ0v) is 20.0. The van der Waals surface area contributed by atoms with E-state index in [0.29, 0.717) is 19.1 Å². The highest BCUT2D eigenvalue weighted by Gasteiger charge is 2.19. The van der Waals surface area contributed by atoms with Crippen LogP contribution in [0.2, 0.25) is 0 Å². The Hall–Kier alpha value is -1.69. The molecule has 1 aliphatic rings. The number of aryl methyl sites for hydroxylation is 1. The average Bonchev–Trinajstić information content (AvgIpc) is 3.09. The van der Waals surface area contributed by atoms with Crippen molar-refractivity contribution in [2.45, 2.75) is 39.2 Å². The first kappa shape index (κ1) is 23.6. The van der Waals surface area contributed by atoms with Crippen molar-refractivity contribution >= 4 is 46.8 Å². The van der Waals surface area contributed by atoms with Gasteiger partial charge in [0.05, 0.1) is 18.1 Å². The fourth-order valence-corrected chi connectivity index (χ4v) is 3.58. The maximum atomic E-state index is 4.72. The minimum absolute atomic E-state index is 0. The zero-order valence-electron chi connectivity index (χ0n) is 17.7. The van der Waals surface area contributed by atoms with Crippen molar-refractivity contribution in [1.29, 1.82) is 0 Å². The van der Waals surface area contributed by atoms with E-state index in [4.69, 9.17) is 4.99 Å². The number of hydrogen-bond acceptors (Lipinski definition) is 6. The molecule has 1 aliphatic heterocycles. The summed E-state index contributed by atoms with van der Waals surface area (Å²) in [5.41, 5.74) is 0.824. The van der Waals surface area contributed by atoms with Gasteiger partial charge in [-0.15, -0.1) is 24.0 Å². The Balaban J connectivity index is 0.00000300. The molecule has 0 atom stereocenters. The van der Waals surface area contributed by atoms with Gasteiger partial charge >= 0.3 is 0 Å². The summed E-state index contributed by atoms with van der Waals surface area (Å²) in [5.74, 6) is 1.70. The molecule has 1 saturated heterocycles. The van der Waals surface area contributed by atoms with Gasteiger partial charge in [-0.1, -0.05) is 6.92 Å². The van der Waals surface area contributed by atoms with Crippen LogP contribution < -0.4 is 16.0 Å². The Kier molecular flexibility index (Phi) is 9.85. The molecule has 162 valence electrons. The van der Waals surface area contributed by atoms with Crippen molar-refractivity contribution < 1.29 is 0 Å². The summed E-state index contributed by atoms with van der Waals surface area (Å²) in [4.78, 5) is 15.9. The molecular formula is C19H34IN9. The number of anilines is 1. The number of guanidine groups is 1. The minimum atomic E-state index is 0. The Morgan fingerprint density at radius 2 is 2.03 bits per heavy atom. The Bertz CT molecular complexity index is 768. The molecule has 0 radical (unpaired) electrons. The normalized spacial score (nSPS) is 15.9. The number of halogens is 1. The van der Waals surface area contributed by atoms with Crippen LogP contribution in [-0.2, 0) is 7.05 Å². The third-order valence-corrected chi connectivity index (χ3v) is 5.02. The molecule has 1 fully saturated rings. The van der Waals surface area contributed by atoms with Gasteiger partial charge < -0.3 is 20.9 Å². The smallest absolute Gasteiger partial charge is 0.191 e. The van der Waals surface area contributed by atoms with E-state index < -0.39 is 0 Å². The van der Waals surface area contributed by atoms with Crippen molar-refractivity contribution in [2.75, 3.05) is 44.6 Å². The molecule has 0 bridgehead atoms. The van der Waals surface area contributed by atoms with Crippen LogP contribution >= 0.6 is 24.0 Å². The maximum Gasteiger partial charge on any atom is 0.191 e.